The van der Waals surface area contributed by atoms with E-state index in [0.717, 1.165) is 12.0 Å². The maximum absolute atomic E-state index is 10.5. The van der Waals surface area contributed by atoms with Crippen molar-refractivity contribution in [1.29, 1.82) is 0 Å². The summed E-state index contributed by atoms with van der Waals surface area (Å²) < 4.78 is 12.8. The summed E-state index contributed by atoms with van der Waals surface area (Å²) in [5.41, 5.74) is 2.84. The molecule has 1 aromatic carbocycles. The second-order valence-electron chi connectivity index (χ2n) is 8.43. The minimum atomic E-state index is -1.91. The van der Waals surface area contributed by atoms with Crippen molar-refractivity contribution in [1.82, 2.24) is 0 Å². The third-order valence-electron chi connectivity index (χ3n) is 5.81. The third kappa shape index (κ3) is 4.73. The van der Waals surface area contributed by atoms with Gasteiger partial charge in [-0.1, -0.05) is 71.9 Å². The summed E-state index contributed by atoms with van der Waals surface area (Å²) in [6.07, 6.45) is 1.07. The highest BCUT2D eigenvalue weighted by Crippen LogP contribution is 2.44. The van der Waals surface area contributed by atoms with E-state index in [-0.39, 0.29) is 12.2 Å². The Kier molecular flexibility index (Phi) is 7.26. The molecule has 1 aliphatic carbocycles. The van der Waals surface area contributed by atoms with Crippen molar-refractivity contribution >= 4 is 8.32 Å². The standard InChI is InChI=1S/C21H36O3Si/c1-15(2)25(16(3)4,17(5)6)24-19-12-20(22)21(13-19)23-14-18-10-8-7-9-11-18/h7-11,15-17,19-22H,12-14H2,1-6H3/t19?,20-,21+/m1/s1. The van der Waals surface area contributed by atoms with E-state index in [2.05, 4.69) is 53.7 Å². The highest BCUT2D eigenvalue weighted by Gasteiger charge is 2.48. The molecule has 3 atom stereocenters. The lowest BCUT2D eigenvalue weighted by Crippen LogP contribution is -2.50. The molecule has 1 aromatic rings. The first kappa shape index (κ1) is 20.6. The molecule has 0 amide bonds. The summed E-state index contributed by atoms with van der Waals surface area (Å²) in [4.78, 5) is 0. The second-order valence-corrected chi connectivity index (χ2v) is 13.8. The van der Waals surface area contributed by atoms with Crippen molar-refractivity contribution in [2.45, 2.75) is 95.9 Å². The van der Waals surface area contributed by atoms with Gasteiger partial charge in [0.15, 0.2) is 0 Å². The van der Waals surface area contributed by atoms with E-state index in [0.29, 0.717) is 29.7 Å². The van der Waals surface area contributed by atoms with Crippen LogP contribution in [-0.4, -0.2) is 31.7 Å². The van der Waals surface area contributed by atoms with Gasteiger partial charge in [-0.3, -0.25) is 0 Å². The molecule has 1 saturated carbocycles. The number of hydrogen-bond donors (Lipinski definition) is 1. The van der Waals surface area contributed by atoms with Crippen LogP contribution in [0.5, 0.6) is 0 Å². The van der Waals surface area contributed by atoms with Gasteiger partial charge in [-0.2, -0.15) is 0 Å². The van der Waals surface area contributed by atoms with Crippen molar-refractivity contribution in [3.05, 3.63) is 35.9 Å². The summed E-state index contributed by atoms with van der Waals surface area (Å²) >= 11 is 0. The van der Waals surface area contributed by atoms with Crippen LogP contribution >= 0.6 is 0 Å². The lowest BCUT2D eigenvalue weighted by atomic mass is 10.2. The minimum absolute atomic E-state index is 0.120. The predicted octanol–water partition coefficient (Wildman–Crippen LogP) is 5.29. The summed E-state index contributed by atoms with van der Waals surface area (Å²) in [5.74, 6) is 0. The fourth-order valence-electron chi connectivity index (χ4n) is 4.68. The Bertz CT molecular complexity index is 493. The molecule has 0 bridgehead atoms. The van der Waals surface area contributed by atoms with E-state index in [1.165, 1.54) is 0 Å². The molecular weight excluding hydrogens is 328 g/mol. The zero-order chi connectivity index (χ0) is 18.6. The Balaban J connectivity index is 1.99. The third-order valence-corrected chi connectivity index (χ3v) is 12.0. The van der Waals surface area contributed by atoms with Gasteiger partial charge in [0.1, 0.15) is 0 Å². The first-order valence-electron chi connectivity index (χ1n) is 9.78. The smallest absolute Gasteiger partial charge is 0.200 e. The fourth-order valence-corrected chi connectivity index (χ4v) is 10.3. The van der Waals surface area contributed by atoms with Gasteiger partial charge in [0.2, 0.25) is 8.32 Å². The van der Waals surface area contributed by atoms with Gasteiger partial charge in [-0.25, -0.2) is 0 Å². The SMILES string of the molecule is CC(C)[Si](OC1C[C@@H](O)[C@@H](OCc2ccccc2)C1)(C(C)C)C(C)C. The summed E-state index contributed by atoms with van der Waals surface area (Å²) in [5, 5.41) is 10.5. The molecule has 3 nitrogen and oxygen atoms in total. The Morgan fingerprint density at radius 1 is 0.960 bits per heavy atom. The monoisotopic (exact) mass is 364 g/mol. The molecule has 0 aliphatic heterocycles. The molecule has 1 unspecified atom stereocenters. The zero-order valence-corrected chi connectivity index (χ0v) is 17.7. The molecule has 1 N–H and O–H groups in total. The van der Waals surface area contributed by atoms with Crippen molar-refractivity contribution in [2.24, 2.45) is 0 Å². The summed E-state index contributed by atoms with van der Waals surface area (Å²) in [6.45, 7) is 14.4. The average molecular weight is 365 g/mol. The highest BCUT2D eigenvalue weighted by molar-refractivity contribution is 6.77. The zero-order valence-electron chi connectivity index (χ0n) is 16.7. The number of ether oxygens (including phenoxy) is 1. The minimum Gasteiger partial charge on any atom is -0.413 e. The molecule has 0 radical (unpaired) electrons. The maximum Gasteiger partial charge on any atom is 0.200 e. The molecule has 0 heterocycles. The van der Waals surface area contributed by atoms with Crippen molar-refractivity contribution in [2.75, 3.05) is 0 Å². The number of benzene rings is 1. The summed E-state index contributed by atoms with van der Waals surface area (Å²) in [7, 11) is -1.91. The fraction of sp³-hybridized carbons (Fsp3) is 0.714. The normalized spacial score (nSPS) is 24.6. The molecule has 142 valence electrons. The largest absolute Gasteiger partial charge is 0.413 e. The van der Waals surface area contributed by atoms with Crippen LogP contribution < -0.4 is 0 Å². The molecule has 0 spiro atoms. The topological polar surface area (TPSA) is 38.7 Å². The first-order valence-corrected chi connectivity index (χ1v) is 11.9. The van der Waals surface area contributed by atoms with Gasteiger partial charge in [0.05, 0.1) is 24.9 Å². The van der Waals surface area contributed by atoms with Gasteiger partial charge in [0, 0.05) is 12.8 Å². The van der Waals surface area contributed by atoms with Gasteiger partial charge in [0.25, 0.3) is 0 Å². The Morgan fingerprint density at radius 2 is 1.52 bits per heavy atom. The number of aliphatic hydroxyl groups is 1. The van der Waals surface area contributed by atoms with Crippen LogP contribution in [0.25, 0.3) is 0 Å². The molecular formula is C21H36O3Si. The summed E-state index contributed by atoms with van der Waals surface area (Å²) in [6, 6.07) is 10.2. The number of rotatable bonds is 8. The van der Waals surface area contributed by atoms with E-state index in [9.17, 15) is 5.11 Å². The Morgan fingerprint density at radius 3 is 2.04 bits per heavy atom. The Hall–Kier alpha value is -0.683. The van der Waals surface area contributed by atoms with Crippen molar-refractivity contribution in [3.8, 4) is 0 Å². The van der Waals surface area contributed by atoms with Gasteiger partial charge >= 0.3 is 0 Å². The first-order chi connectivity index (χ1) is 11.8. The quantitative estimate of drug-likeness (QED) is 0.637. The number of hydrogen-bond acceptors (Lipinski definition) is 3. The van der Waals surface area contributed by atoms with Gasteiger partial charge < -0.3 is 14.3 Å². The van der Waals surface area contributed by atoms with Crippen LogP contribution in [0.2, 0.25) is 16.6 Å². The lowest BCUT2D eigenvalue weighted by Gasteiger charge is -2.44. The van der Waals surface area contributed by atoms with Crippen LogP contribution in [-0.2, 0) is 15.8 Å². The predicted molar refractivity (Wildman–Crippen MR) is 106 cm³/mol. The molecule has 1 fully saturated rings. The van der Waals surface area contributed by atoms with E-state index >= 15 is 0 Å². The maximum atomic E-state index is 10.5. The van der Waals surface area contributed by atoms with E-state index in [1.807, 2.05) is 18.2 Å². The van der Waals surface area contributed by atoms with E-state index < -0.39 is 14.4 Å². The Labute approximate surface area is 154 Å². The molecule has 0 saturated heterocycles. The van der Waals surface area contributed by atoms with Gasteiger partial charge in [-0.05, 0) is 22.2 Å². The molecule has 1 aliphatic rings. The molecule has 0 aromatic heterocycles. The van der Waals surface area contributed by atoms with E-state index in [4.69, 9.17) is 9.16 Å². The van der Waals surface area contributed by atoms with Crippen LogP contribution in [0.3, 0.4) is 0 Å². The number of aliphatic hydroxyl groups excluding tert-OH is 1. The molecule has 4 heteroatoms. The molecule has 25 heavy (non-hydrogen) atoms. The van der Waals surface area contributed by atoms with Crippen LogP contribution in [0.15, 0.2) is 30.3 Å². The van der Waals surface area contributed by atoms with Crippen molar-refractivity contribution in [3.63, 3.8) is 0 Å². The highest BCUT2D eigenvalue weighted by atomic mass is 28.4. The van der Waals surface area contributed by atoms with Crippen LogP contribution in [0, 0.1) is 0 Å². The van der Waals surface area contributed by atoms with Crippen LogP contribution in [0.4, 0.5) is 0 Å². The second kappa shape index (κ2) is 8.80. The molecule has 2 rings (SSSR count). The average Bonchev–Trinajstić information content (AvgIpc) is 2.90. The van der Waals surface area contributed by atoms with Crippen LogP contribution in [0.1, 0.15) is 59.9 Å². The van der Waals surface area contributed by atoms with E-state index in [1.54, 1.807) is 0 Å². The lowest BCUT2D eigenvalue weighted by molar-refractivity contribution is -0.0278. The van der Waals surface area contributed by atoms with Gasteiger partial charge in [-0.15, -0.1) is 0 Å². The van der Waals surface area contributed by atoms with Crippen molar-refractivity contribution < 1.29 is 14.3 Å².